The molecule has 0 aliphatic carbocycles. The second-order valence-electron chi connectivity index (χ2n) is 5.73. The van der Waals surface area contributed by atoms with E-state index in [-0.39, 0.29) is 5.60 Å². The van der Waals surface area contributed by atoms with E-state index in [0.29, 0.717) is 6.04 Å². The molecule has 18 heavy (non-hydrogen) atoms. The second kappa shape index (κ2) is 6.69. The molecule has 3 heteroatoms. The predicted molar refractivity (Wildman–Crippen MR) is 80.2 cm³/mol. The lowest BCUT2D eigenvalue weighted by atomic mass is 10.1. The third kappa shape index (κ3) is 5.09. The zero-order chi connectivity index (χ0) is 13.8. The summed E-state index contributed by atoms with van der Waals surface area (Å²) in [6.45, 7) is 14.7. The molecule has 1 aromatic rings. The van der Waals surface area contributed by atoms with Crippen LogP contribution in [0.5, 0.6) is 0 Å². The van der Waals surface area contributed by atoms with Crippen LogP contribution >= 0.6 is 11.3 Å². The van der Waals surface area contributed by atoms with Gasteiger partial charge in [-0.15, -0.1) is 11.3 Å². The topological polar surface area (TPSA) is 21.3 Å². The quantitative estimate of drug-likeness (QED) is 0.798. The molecule has 0 saturated heterocycles. The van der Waals surface area contributed by atoms with E-state index in [2.05, 4.69) is 52.9 Å². The highest BCUT2D eigenvalue weighted by Gasteiger charge is 2.16. The summed E-state index contributed by atoms with van der Waals surface area (Å²) in [4.78, 5) is 2.77. The molecule has 0 atom stereocenters. The fourth-order valence-corrected chi connectivity index (χ4v) is 2.50. The lowest BCUT2D eigenvalue weighted by Crippen LogP contribution is -2.22. The Labute approximate surface area is 116 Å². The summed E-state index contributed by atoms with van der Waals surface area (Å²) in [6.07, 6.45) is 1.04. The van der Waals surface area contributed by atoms with Gasteiger partial charge in [0.15, 0.2) is 0 Å². The number of aryl methyl sites for hydroxylation is 1. The van der Waals surface area contributed by atoms with Crippen LogP contribution in [0.25, 0.3) is 0 Å². The van der Waals surface area contributed by atoms with Crippen LogP contribution in [0.15, 0.2) is 6.07 Å². The van der Waals surface area contributed by atoms with Gasteiger partial charge in [0, 0.05) is 22.3 Å². The van der Waals surface area contributed by atoms with Gasteiger partial charge >= 0.3 is 0 Å². The smallest absolute Gasteiger partial charge is 0.0734 e. The molecule has 0 radical (unpaired) electrons. The van der Waals surface area contributed by atoms with Crippen molar-refractivity contribution < 1.29 is 4.74 Å². The van der Waals surface area contributed by atoms with Crippen molar-refractivity contribution in [1.82, 2.24) is 5.32 Å². The van der Waals surface area contributed by atoms with Crippen molar-refractivity contribution in [1.29, 1.82) is 0 Å². The Hall–Kier alpha value is -0.380. The molecule has 0 saturated carbocycles. The van der Waals surface area contributed by atoms with Gasteiger partial charge in [-0.05, 0) is 38.8 Å². The van der Waals surface area contributed by atoms with Crippen LogP contribution in [0.4, 0.5) is 0 Å². The predicted octanol–water partition coefficient (Wildman–Crippen LogP) is 4.26. The third-order valence-electron chi connectivity index (χ3n) is 3.23. The van der Waals surface area contributed by atoms with Crippen LogP contribution in [0.2, 0.25) is 0 Å². The van der Waals surface area contributed by atoms with E-state index >= 15 is 0 Å². The van der Waals surface area contributed by atoms with E-state index < -0.39 is 0 Å². The molecule has 0 amide bonds. The molecule has 104 valence electrons. The van der Waals surface area contributed by atoms with Crippen LogP contribution in [0.1, 0.15) is 56.4 Å². The van der Waals surface area contributed by atoms with Crippen molar-refractivity contribution in [2.75, 3.05) is 0 Å². The number of rotatable bonds is 7. The zero-order valence-electron chi connectivity index (χ0n) is 12.6. The Balaban J connectivity index is 2.56. The van der Waals surface area contributed by atoms with Gasteiger partial charge < -0.3 is 10.1 Å². The Morgan fingerprint density at radius 3 is 2.61 bits per heavy atom. The Morgan fingerprint density at radius 2 is 2.06 bits per heavy atom. The summed E-state index contributed by atoms with van der Waals surface area (Å²) in [5.41, 5.74) is 1.31. The lowest BCUT2D eigenvalue weighted by molar-refractivity contribution is -0.0316. The fourth-order valence-electron chi connectivity index (χ4n) is 1.50. The van der Waals surface area contributed by atoms with Gasteiger partial charge in [0.2, 0.25) is 0 Å². The van der Waals surface area contributed by atoms with Gasteiger partial charge in [-0.25, -0.2) is 0 Å². The second-order valence-corrected chi connectivity index (χ2v) is 7.07. The molecule has 1 aromatic heterocycles. The molecular formula is C15H27NOS. The van der Waals surface area contributed by atoms with E-state index in [4.69, 9.17) is 4.74 Å². The van der Waals surface area contributed by atoms with Gasteiger partial charge in [-0.1, -0.05) is 20.8 Å². The van der Waals surface area contributed by atoms with Gasteiger partial charge in [-0.3, -0.25) is 0 Å². The van der Waals surface area contributed by atoms with Crippen LogP contribution in [0.3, 0.4) is 0 Å². The van der Waals surface area contributed by atoms with Gasteiger partial charge in [-0.2, -0.15) is 0 Å². The highest BCUT2D eigenvalue weighted by Crippen LogP contribution is 2.25. The number of hydrogen-bond donors (Lipinski definition) is 1. The average molecular weight is 269 g/mol. The molecule has 1 heterocycles. The largest absolute Gasteiger partial charge is 0.371 e. The Bertz CT molecular complexity index is 369. The van der Waals surface area contributed by atoms with Crippen LogP contribution in [-0.4, -0.2) is 11.6 Å². The standard InChI is InChI=1S/C15H27NOS/c1-7-15(5,6)17-10-13-8-14(18-12(13)4)9-16-11(2)3/h8,11,16H,7,9-10H2,1-6H3. The highest BCUT2D eigenvalue weighted by atomic mass is 32.1. The van der Waals surface area contributed by atoms with Gasteiger partial charge in [0.1, 0.15) is 0 Å². The first-order chi connectivity index (χ1) is 8.34. The summed E-state index contributed by atoms with van der Waals surface area (Å²) in [5, 5.41) is 3.46. The van der Waals surface area contributed by atoms with E-state index in [1.165, 1.54) is 15.3 Å². The first kappa shape index (κ1) is 15.7. The Kier molecular flexibility index (Phi) is 5.83. The lowest BCUT2D eigenvalue weighted by Gasteiger charge is -2.23. The summed E-state index contributed by atoms with van der Waals surface area (Å²) < 4.78 is 5.97. The van der Waals surface area contributed by atoms with Crippen LogP contribution in [0, 0.1) is 6.92 Å². The van der Waals surface area contributed by atoms with Crippen molar-refractivity contribution in [3.8, 4) is 0 Å². The zero-order valence-corrected chi connectivity index (χ0v) is 13.4. The number of thiophene rings is 1. The molecule has 0 aliphatic rings. The first-order valence-electron chi connectivity index (χ1n) is 6.79. The van der Waals surface area contributed by atoms with Crippen molar-refractivity contribution in [2.24, 2.45) is 0 Å². The minimum Gasteiger partial charge on any atom is -0.371 e. The van der Waals surface area contributed by atoms with Crippen molar-refractivity contribution in [3.63, 3.8) is 0 Å². The number of nitrogens with one attached hydrogen (secondary N) is 1. The highest BCUT2D eigenvalue weighted by molar-refractivity contribution is 7.12. The fraction of sp³-hybridized carbons (Fsp3) is 0.733. The minimum absolute atomic E-state index is 0.0231. The normalized spacial score (nSPS) is 12.4. The third-order valence-corrected chi connectivity index (χ3v) is 4.32. The molecule has 2 nitrogen and oxygen atoms in total. The maximum absolute atomic E-state index is 5.97. The SMILES string of the molecule is CCC(C)(C)OCc1cc(CNC(C)C)sc1C. The van der Waals surface area contributed by atoms with Crippen LogP contribution < -0.4 is 5.32 Å². The summed E-state index contributed by atoms with van der Waals surface area (Å²) in [6, 6.07) is 2.81. The minimum atomic E-state index is -0.0231. The van der Waals surface area contributed by atoms with Crippen molar-refractivity contribution in [2.45, 2.75) is 72.8 Å². The van der Waals surface area contributed by atoms with Crippen LogP contribution in [-0.2, 0) is 17.9 Å². The number of hydrogen-bond acceptors (Lipinski definition) is 3. The summed E-state index contributed by atoms with van der Waals surface area (Å²) in [7, 11) is 0. The van der Waals surface area contributed by atoms with Crippen molar-refractivity contribution in [3.05, 3.63) is 21.4 Å². The molecule has 0 fully saturated rings. The van der Waals surface area contributed by atoms with E-state index in [0.717, 1.165) is 19.6 Å². The van der Waals surface area contributed by atoms with E-state index in [1.54, 1.807) is 0 Å². The maximum atomic E-state index is 5.97. The monoisotopic (exact) mass is 269 g/mol. The molecule has 0 spiro atoms. The molecule has 0 bridgehead atoms. The van der Waals surface area contributed by atoms with E-state index in [9.17, 15) is 0 Å². The summed E-state index contributed by atoms with van der Waals surface area (Å²) in [5.74, 6) is 0. The van der Waals surface area contributed by atoms with E-state index in [1.807, 2.05) is 11.3 Å². The average Bonchev–Trinajstić information content (AvgIpc) is 2.65. The first-order valence-corrected chi connectivity index (χ1v) is 7.61. The maximum Gasteiger partial charge on any atom is 0.0734 e. The van der Waals surface area contributed by atoms with Gasteiger partial charge in [0.25, 0.3) is 0 Å². The molecule has 0 unspecified atom stereocenters. The van der Waals surface area contributed by atoms with Crippen molar-refractivity contribution >= 4 is 11.3 Å². The molecule has 0 aliphatic heterocycles. The van der Waals surface area contributed by atoms with Gasteiger partial charge in [0.05, 0.1) is 12.2 Å². The molecule has 1 N–H and O–H groups in total. The molecular weight excluding hydrogens is 242 g/mol. The molecule has 1 rings (SSSR count). The molecule has 0 aromatic carbocycles. The summed E-state index contributed by atoms with van der Waals surface area (Å²) >= 11 is 1.87. The Morgan fingerprint density at radius 1 is 1.39 bits per heavy atom. The number of ether oxygens (including phenoxy) is 1.